The van der Waals surface area contributed by atoms with Crippen LogP contribution in [0, 0.1) is 0 Å². The van der Waals surface area contributed by atoms with Crippen molar-refractivity contribution in [3.8, 4) is 11.5 Å². The third kappa shape index (κ3) is 2.31. The van der Waals surface area contributed by atoms with Gasteiger partial charge in [-0.25, -0.2) is 0 Å². The molecule has 0 spiro atoms. The highest BCUT2D eigenvalue weighted by atomic mass is 16.6. The summed E-state index contributed by atoms with van der Waals surface area (Å²) in [6.45, 7) is 7.17. The highest BCUT2D eigenvalue weighted by molar-refractivity contribution is 5.40. The zero-order chi connectivity index (χ0) is 12.4. The van der Waals surface area contributed by atoms with Gasteiger partial charge in [-0.05, 0) is 19.1 Å². The molecule has 3 rings (SSSR count). The van der Waals surface area contributed by atoms with Gasteiger partial charge in [0.05, 0.1) is 0 Å². The molecule has 0 amide bonds. The Morgan fingerprint density at radius 3 is 2.72 bits per heavy atom. The Morgan fingerprint density at radius 2 is 1.94 bits per heavy atom. The normalized spacial score (nSPS) is 25.7. The number of benzene rings is 1. The summed E-state index contributed by atoms with van der Waals surface area (Å²) < 4.78 is 11.8. The van der Waals surface area contributed by atoms with Crippen molar-refractivity contribution in [3.05, 3.63) is 24.3 Å². The van der Waals surface area contributed by atoms with Crippen LogP contribution >= 0.6 is 0 Å². The topological polar surface area (TPSA) is 33.7 Å². The molecule has 2 unspecified atom stereocenters. The molecule has 1 fully saturated rings. The lowest BCUT2D eigenvalue weighted by molar-refractivity contribution is 0.0165. The maximum Gasteiger partial charge on any atom is 0.161 e. The minimum atomic E-state index is 0.123. The lowest BCUT2D eigenvalue weighted by Gasteiger charge is -2.38. The van der Waals surface area contributed by atoms with E-state index in [1.54, 1.807) is 0 Å². The SMILES string of the molecule is CC(C1COc2ccccc2O1)N1CCNCC1. The number of nitrogens with one attached hydrogen (secondary N) is 1. The largest absolute Gasteiger partial charge is 0.486 e. The Labute approximate surface area is 108 Å². The molecule has 0 saturated carbocycles. The second-order valence-electron chi connectivity index (χ2n) is 4.94. The third-order valence-corrected chi connectivity index (χ3v) is 3.80. The molecule has 18 heavy (non-hydrogen) atoms. The van der Waals surface area contributed by atoms with E-state index in [1.165, 1.54) is 0 Å². The van der Waals surface area contributed by atoms with Gasteiger partial charge in [0.2, 0.25) is 0 Å². The quantitative estimate of drug-likeness (QED) is 0.850. The smallest absolute Gasteiger partial charge is 0.161 e. The van der Waals surface area contributed by atoms with Gasteiger partial charge in [0.15, 0.2) is 11.5 Å². The average molecular weight is 248 g/mol. The van der Waals surface area contributed by atoms with Gasteiger partial charge in [0, 0.05) is 32.2 Å². The van der Waals surface area contributed by atoms with Crippen molar-refractivity contribution in [2.24, 2.45) is 0 Å². The van der Waals surface area contributed by atoms with Crippen LogP contribution in [0.1, 0.15) is 6.92 Å². The molecular weight excluding hydrogens is 228 g/mol. The van der Waals surface area contributed by atoms with Crippen LogP contribution in [0.5, 0.6) is 11.5 Å². The molecule has 1 N–H and O–H groups in total. The van der Waals surface area contributed by atoms with Gasteiger partial charge in [-0.1, -0.05) is 12.1 Å². The number of rotatable bonds is 2. The van der Waals surface area contributed by atoms with E-state index < -0.39 is 0 Å². The van der Waals surface area contributed by atoms with Crippen LogP contribution < -0.4 is 14.8 Å². The molecule has 98 valence electrons. The Kier molecular flexibility index (Phi) is 3.39. The highest BCUT2D eigenvalue weighted by Crippen LogP contribution is 2.32. The van der Waals surface area contributed by atoms with Crippen LogP contribution in [0.4, 0.5) is 0 Å². The van der Waals surface area contributed by atoms with Crippen molar-refractivity contribution >= 4 is 0 Å². The van der Waals surface area contributed by atoms with Gasteiger partial charge in [0.1, 0.15) is 12.7 Å². The molecule has 0 aliphatic carbocycles. The molecule has 4 nitrogen and oxygen atoms in total. The maximum atomic E-state index is 6.06. The summed E-state index contributed by atoms with van der Waals surface area (Å²) in [5.74, 6) is 1.73. The first-order valence-corrected chi connectivity index (χ1v) is 6.68. The maximum absolute atomic E-state index is 6.06. The Hall–Kier alpha value is -1.26. The minimum Gasteiger partial charge on any atom is -0.486 e. The van der Waals surface area contributed by atoms with E-state index in [2.05, 4.69) is 17.1 Å². The van der Waals surface area contributed by atoms with Crippen molar-refractivity contribution in [1.29, 1.82) is 0 Å². The Balaban J connectivity index is 1.67. The lowest BCUT2D eigenvalue weighted by Crippen LogP contribution is -2.54. The molecule has 2 aliphatic rings. The van der Waals surface area contributed by atoms with Gasteiger partial charge in [0.25, 0.3) is 0 Å². The predicted molar refractivity (Wildman–Crippen MR) is 70.3 cm³/mol. The highest BCUT2D eigenvalue weighted by Gasteiger charge is 2.30. The van der Waals surface area contributed by atoms with Gasteiger partial charge in [-0.2, -0.15) is 0 Å². The fraction of sp³-hybridized carbons (Fsp3) is 0.571. The standard InChI is InChI=1S/C14H20N2O2/c1-11(16-8-6-15-7-9-16)14-10-17-12-4-2-3-5-13(12)18-14/h2-5,11,14-15H,6-10H2,1H3. The molecule has 1 aromatic rings. The molecule has 2 aliphatic heterocycles. The summed E-state index contributed by atoms with van der Waals surface area (Å²) in [5, 5.41) is 3.37. The average Bonchev–Trinajstić information content (AvgIpc) is 2.47. The monoisotopic (exact) mass is 248 g/mol. The number of ether oxygens (including phenoxy) is 2. The van der Waals surface area contributed by atoms with Crippen molar-refractivity contribution in [2.45, 2.75) is 19.1 Å². The Bertz CT molecular complexity index is 405. The number of para-hydroxylation sites is 2. The van der Waals surface area contributed by atoms with E-state index in [9.17, 15) is 0 Å². The van der Waals surface area contributed by atoms with Crippen molar-refractivity contribution in [2.75, 3.05) is 32.8 Å². The number of hydrogen-bond donors (Lipinski definition) is 1. The van der Waals surface area contributed by atoms with Crippen LogP contribution in [0.25, 0.3) is 0 Å². The van der Waals surface area contributed by atoms with Crippen molar-refractivity contribution < 1.29 is 9.47 Å². The summed E-state index contributed by atoms with van der Waals surface area (Å²) in [4.78, 5) is 2.47. The van der Waals surface area contributed by atoms with E-state index in [1.807, 2.05) is 24.3 Å². The summed E-state index contributed by atoms with van der Waals surface area (Å²) in [6, 6.07) is 8.29. The minimum absolute atomic E-state index is 0.123. The molecule has 1 aromatic carbocycles. The zero-order valence-corrected chi connectivity index (χ0v) is 10.8. The third-order valence-electron chi connectivity index (χ3n) is 3.80. The van der Waals surface area contributed by atoms with E-state index in [-0.39, 0.29) is 6.10 Å². The van der Waals surface area contributed by atoms with Crippen LogP contribution in [0.2, 0.25) is 0 Å². The van der Waals surface area contributed by atoms with E-state index in [0.717, 1.165) is 37.7 Å². The fourth-order valence-electron chi connectivity index (χ4n) is 2.60. The zero-order valence-electron chi connectivity index (χ0n) is 10.8. The first kappa shape index (κ1) is 11.8. The Morgan fingerprint density at radius 1 is 1.22 bits per heavy atom. The van der Waals surface area contributed by atoms with E-state index >= 15 is 0 Å². The summed E-state index contributed by atoms with van der Waals surface area (Å²) >= 11 is 0. The molecule has 0 radical (unpaired) electrons. The molecule has 2 atom stereocenters. The number of hydrogen-bond acceptors (Lipinski definition) is 4. The molecule has 2 heterocycles. The van der Waals surface area contributed by atoms with E-state index in [0.29, 0.717) is 12.6 Å². The summed E-state index contributed by atoms with van der Waals surface area (Å²) in [7, 11) is 0. The molecule has 4 heteroatoms. The first-order chi connectivity index (χ1) is 8.84. The van der Waals surface area contributed by atoms with Gasteiger partial charge in [-0.3, -0.25) is 4.90 Å². The number of piperazine rings is 1. The second kappa shape index (κ2) is 5.16. The molecule has 1 saturated heterocycles. The van der Waals surface area contributed by atoms with Crippen molar-refractivity contribution in [1.82, 2.24) is 10.2 Å². The van der Waals surface area contributed by atoms with E-state index in [4.69, 9.17) is 9.47 Å². The van der Waals surface area contributed by atoms with Crippen LogP contribution in [0.3, 0.4) is 0 Å². The second-order valence-corrected chi connectivity index (χ2v) is 4.94. The lowest BCUT2D eigenvalue weighted by atomic mass is 10.1. The van der Waals surface area contributed by atoms with Crippen LogP contribution in [-0.2, 0) is 0 Å². The first-order valence-electron chi connectivity index (χ1n) is 6.68. The summed E-state index contributed by atoms with van der Waals surface area (Å²) in [6.07, 6.45) is 0.123. The molecular formula is C14H20N2O2. The number of fused-ring (bicyclic) bond motifs is 1. The number of nitrogens with zero attached hydrogens (tertiary/aromatic N) is 1. The van der Waals surface area contributed by atoms with Crippen molar-refractivity contribution in [3.63, 3.8) is 0 Å². The van der Waals surface area contributed by atoms with Gasteiger partial charge < -0.3 is 14.8 Å². The summed E-state index contributed by atoms with van der Waals surface area (Å²) in [5.41, 5.74) is 0. The molecule has 0 aromatic heterocycles. The molecule has 0 bridgehead atoms. The van der Waals surface area contributed by atoms with Gasteiger partial charge in [-0.15, -0.1) is 0 Å². The van der Waals surface area contributed by atoms with Crippen LogP contribution in [-0.4, -0.2) is 49.8 Å². The van der Waals surface area contributed by atoms with Gasteiger partial charge >= 0.3 is 0 Å². The van der Waals surface area contributed by atoms with Crippen LogP contribution in [0.15, 0.2) is 24.3 Å². The fourth-order valence-corrected chi connectivity index (χ4v) is 2.60. The predicted octanol–water partition coefficient (Wildman–Crippen LogP) is 1.12.